The van der Waals surface area contributed by atoms with Crippen LogP contribution in [0.25, 0.3) is 11.0 Å². The number of carboxylic acids is 1. The molecule has 5 nitrogen and oxygen atoms in total. The number of hydrogen-bond acceptors (Lipinski definition) is 4. The number of aromatic carboxylic acids is 1. The average Bonchev–Trinajstić information content (AvgIpc) is 2.83. The van der Waals surface area contributed by atoms with Crippen molar-refractivity contribution in [2.45, 2.75) is 10.1 Å². The quantitative estimate of drug-likeness (QED) is 0.641. The molecule has 0 atom stereocenters. The Morgan fingerprint density at radius 2 is 2.10 bits per heavy atom. The second-order valence-electron chi connectivity index (χ2n) is 4.35. The van der Waals surface area contributed by atoms with Crippen molar-refractivity contribution in [1.82, 2.24) is 9.97 Å². The van der Waals surface area contributed by atoms with Crippen LogP contribution in [-0.2, 0) is 0 Å². The number of hydrogen-bond donors (Lipinski definition) is 3. The maximum Gasteiger partial charge on any atom is 0.336 e. The standard InChI is InChI=1S/C14H10ClN3O2S/c15-9-6-7(16)5-8(13(19)20)12(9)21-14-17-10-3-1-2-4-11(10)18-14/h1-6H,16H2,(H,17,18)(H,19,20). The fourth-order valence-electron chi connectivity index (χ4n) is 1.95. The van der Waals surface area contributed by atoms with E-state index in [1.165, 1.54) is 23.9 Å². The van der Waals surface area contributed by atoms with Gasteiger partial charge in [-0.15, -0.1) is 0 Å². The first-order valence-electron chi connectivity index (χ1n) is 5.99. The summed E-state index contributed by atoms with van der Waals surface area (Å²) in [7, 11) is 0. The Balaban J connectivity index is 2.06. The summed E-state index contributed by atoms with van der Waals surface area (Å²) in [6.45, 7) is 0. The van der Waals surface area contributed by atoms with Gasteiger partial charge in [0.25, 0.3) is 0 Å². The van der Waals surface area contributed by atoms with E-state index in [1.807, 2.05) is 24.3 Å². The summed E-state index contributed by atoms with van der Waals surface area (Å²) in [4.78, 5) is 19.3. The van der Waals surface area contributed by atoms with E-state index in [9.17, 15) is 9.90 Å². The number of nitrogens with two attached hydrogens (primary N) is 1. The van der Waals surface area contributed by atoms with Gasteiger partial charge >= 0.3 is 5.97 Å². The number of nitrogen functional groups attached to an aromatic ring is 1. The van der Waals surface area contributed by atoms with Crippen molar-refractivity contribution in [3.63, 3.8) is 0 Å². The maximum absolute atomic E-state index is 11.3. The van der Waals surface area contributed by atoms with E-state index in [2.05, 4.69) is 9.97 Å². The van der Waals surface area contributed by atoms with E-state index in [-0.39, 0.29) is 10.6 Å². The molecule has 0 unspecified atom stereocenters. The number of H-pyrrole nitrogens is 1. The third-order valence-corrected chi connectivity index (χ3v) is 4.30. The molecule has 0 saturated heterocycles. The largest absolute Gasteiger partial charge is 0.478 e. The van der Waals surface area contributed by atoms with E-state index in [4.69, 9.17) is 17.3 Å². The van der Waals surface area contributed by atoms with Gasteiger partial charge in [-0.2, -0.15) is 0 Å². The van der Waals surface area contributed by atoms with Crippen molar-refractivity contribution >= 4 is 46.1 Å². The number of aromatic nitrogens is 2. The molecule has 3 aromatic rings. The molecule has 7 heteroatoms. The van der Waals surface area contributed by atoms with Gasteiger partial charge in [-0.05, 0) is 36.0 Å². The summed E-state index contributed by atoms with van der Waals surface area (Å²) in [5, 5.41) is 10.1. The normalized spacial score (nSPS) is 10.9. The predicted molar refractivity (Wildman–Crippen MR) is 83.0 cm³/mol. The Morgan fingerprint density at radius 1 is 1.33 bits per heavy atom. The smallest absolute Gasteiger partial charge is 0.336 e. The third-order valence-electron chi connectivity index (χ3n) is 2.86. The first-order chi connectivity index (χ1) is 10.0. The van der Waals surface area contributed by atoms with E-state index >= 15 is 0 Å². The molecule has 0 radical (unpaired) electrons. The van der Waals surface area contributed by atoms with Gasteiger partial charge < -0.3 is 15.8 Å². The Kier molecular flexibility index (Phi) is 3.48. The van der Waals surface area contributed by atoms with Gasteiger partial charge in [0.05, 0.1) is 21.6 Å². The molecule has 106 valence electrons. The number of halogens is 1. The van der Waals surface area contributed by atoms with E-state index < -0.39 is 5.97 Å². The zero-order valence-corrected chi connectivity index (χ0v) is 12.2. The number of nitrogens with zero attached hydrogens (tertiary/aromatic N) is 1. The number of fused-ring (bicyclic) bond motifs is 1. The highest BCUT2D eigenvalue weighted by Gasteiger charge is 2.17. The van der Waals surface area contributed by atoms with Crippen LogP contribution in [0.2, 0.25) is 5.02 Å². The summed E-state index contributed by atoms with van der Waals surface area (Å²) < 4.78 is 0. The number of rotatable bonds is 3. The molecule has 1 aromatic heterocycles. The Bertz CT molecular complexity index is 814. The van der Waals surface area contributed by atoms with Crippen LogP contribution in [-0.4, -0.2) is 21.0 Å². The SMILES string of the molecule is Nc1cc(Cl)c(Sc2nc3ccccc3[nH]2)c(C(=O)O)c1. The monoisotopic (exact) mass is 319 g/mol. The number of nitrogens with one attached hydrogen (secondary N) is 1. The van der Waals surface area contributed by atoms with Crippen LogP contribution in [0.3, 0.4) is 0 Å². The van der Waals surface area contributed by atoms with Crippen molar-refractivity contribution in [2.75, 3.05) is 5.73 Å². The van der Waals surface area contributed by atoms with Crippen LogP contribution < -0.4 is 5.73 Å². The van der Waals surface area contributed by atoms with Crippen molar-refractivity contribution in [3.8, 4) is 0 Å². The third kappa shape index (κ3) is 2.68. The zero-order valence-electron chi connectivity index (χ0n) is 10.6. The predicted octanol–water partition coefficient (Wildman–Crippen LogP) is 3.65. The lowest BCUT2D eigenvalue weighted by atomic mass is 10.2. The molecule has 0 spiro atoms. The van der Waals surface area contributed by atoms with Gasteiger partial charge in [-0.1, -0.05) is 23.7 Å². The van der Waals surface area contributed by atoms with Crippen LogP contribution in [0.5, 0.6) is 0 Å². The Hall–Kier alpha value is -2.18. The van der Waals surface area contributed by atoms with Crippen molar-refractivity contribution in [1.29, 1.82) is 0 Å². The van der Waals surface area contributed by atoms with Crippen molar-refractivity contribution in [2.24, 2.45) is 0 Å². The summed E-state index contributed by atoms with van der Waals surface area (Å²) in [6.07, 6.45) is 0. The molecule has 4 N–H and O–H groups in total. The second kappa shape index (κ2) is 5.31. The maximum atomic E-state index is 11.3. The molecular formula is C14H10ClN3O2S. The first-order valence-corrected chi connectivity index (χ1v) is 7.19. The highest BCUT2D eigenvalue weighted by Crippen LogP contribution is 2.37. The summed E-state index contributed by atoms with van der Waals surface area (Å²) in [5.41, 5.74) is 7.70. The fourth-order valence-corrected chi connectivity index (χ4v) is 3.21. The lowest BCUT2D eigenvalue weighted by molar-refractivity contribution is 0.0693. The van der Waals surface area contributed by atoms with Gasteiger partial charge in [0, 0.05) is 10.6 Å². The van der Waals surface area contributed by atoms with E-state index in [0.717, 1.165) is 11.0 Å². The van der Waals surface area contributed by atoms with Crippen LogP contribution >= 0.6 is 23.4 Å². The molecule has 0 aliphatic rings. The van der Waals surface area contributed by atoms with Crippen LogP contribution in [0, 0.1) is 0 Å². The van der Waals surface area contributed by atoms with Crippen molar-refractivity contribution < 1.29 is 9.90 Å². The molecule has 0 aliphatic heterocycles. The van der Waals surface area contributed by atoms with Crippen LogP contribution in [0.15, 0.2) is 46.5 Å². The molecule has 2 aromatic carbocycles. The van der Waals surface area contributed by atoms with Gasteiger partial charge in [0.15, 0.2) is 5.16 Å². The van der Waals surface area contributed by atoms with Gasteiger partial charge in [-0.25, -0.2) is 9.78 Å². The molecular weight excluding hydrogens is 310 g/mol. The van der Waals surface area contributed by atoms with Crippen LogP contribution in [0.1, 0.15) is 10.4 Å². The minimum Gasteiger partial charge on any atom is -0.478 e. The highest BCUT2D eigenvalue weighted by atomic mass is 35.5. The number of benzene rings is 2. The second-order valence-corrected chi connectivity index (χ2v) is 5.75. The van der Waals surface area contributed by atoms with E-state index in [0.29, 0.717) is 15.7 Å². The zero-order chi connectivity index (χ0) is 15.0. The molecule has 0 saturated carbocycles. The number of aromatic amines is 1. The minimum atomic E-state index is -1.08. The lowest BCUT2D eigenvalue weighted by Gasteiger charge is -2.07. The Morgan fingerprint density at radius 3 is 2.81 bits per heavy atom. The molecule has 1 heterocycles. The highest BCUT2D eigenvalue weighted by molar-refractivity contribution is 7.99. The average molecular weight is 320 g/mol. The van der Waals surface area contributed by atoms with Gasteiger partial charge in [0.1, 0.15) is 0 Å². The summed E-state index contributed by atoms with van der Waals surface area (Å²) in [5.74, 6) is -1.08. The van der Waals surface area contributed by atoms with Gasteiger partial charge in [0.2, 0.25) is 0 Å². The number of carbonyl (C=O) groups is 1. The lowest BCUT2D eigenvalue weighted by Crippen LogP contribution is -2.01. The molecule has 21 heavy (non-hydrogen) atoms. The topological polar surface area (TPSA) is 92.0 Å². The number of imidazole rings is 1. The number of para-hydroxylation sites is 2. The Labute approximate surface area is 129 Å². The minimum absolute atomic E-state index is 0.0606. The molecule has 0 amide bonds. The first kappa shape index (κ1) is 13.8. The van der Waals surface area contributed by atoms with E-state index in [1.54, 1.807) is 0 Å². The van der Waals surface area contributed by atoms with Crippen molar-refractivity contribution in [3.05, 3.63) is 47.0 Å². The fraction of sp³-hybridized carbons (Fsp3) is 0. The van der Waals surface area contributed by atoms with Gasteiger partial charge in [-0.3, -0.25) is 0 Å². The summed E-state index contributed by atoms with van der Waals surface area (Å²) >= 11 is 7.29. The summed E-state index contributed by atoms with van der Waals surface area (Å²) in [6, 6.07) is 10.5. The molecule has 3 rings (SSSR count). The number of carboxylic acid groups (broad SMARTS) is 1. The van der Waals surface area contributed by atoms with Crippen LogP contribution in [0.4, 0.5) is 5.69 Å². The molecule has 0 bridgehead atoms. The molecule has 0 fully saturated rings. The molecule has 0 aliphatic carbocycles. The number of anilines is 1.